The molecule has 194 valence electrons. The lowest BCUT2D eigenvalue weighted by molar-refractivity contribution is -0.274. The third-order valence-corrected chi connectivity index (χ3v) is 6.23. The van der Waals surface area contributed by atoms with Crippen LogP contribution in [0.5, 0.6) is 11.6 Å². The van der Waals surface area contributed by atoms with E-state index in [-0.39, 0.29) is 18.5 Å². The Morgan fingerprint density at radius 1 is 0.947 bits per heavy atom. The van der Waals surface area contributed by atoms with Crippen molar-refractivity contribution in [1.82, 2.24) is 20.9 Å². The Morgan fingerprint density at radius 2 is 1.76 bits per heavy atom. The van der Waals surface area contributed by atoms with Gasteiger partial charge in [0.25, 0.3) is 0 Å². The molecule has 1 atom stereocenters. The molecule has 2 aliphatic rings. The van der Waals surface area contributed by atoms with Gasteiger partial charge in [0.2, 0.25) is 5.88 Å². The number of fused-ring (bicyclic) bond motifs is 1. The largest absolute Gasteiger partial charge is 0.573 e. The maximum Gasteiger partial charge on any atom is 0.573 e. The van der Waals surface area contributed by atoms with Crippen molar-refractivity contribution in [2.45, 2.75) is 37.8 Å². The second kappa shape index (κ2) is 9.78. The van der Waals surface area contributed by atoms with Gasteiger partial charge in [0.1, 0.15) is 5.75 Å². The molecule has 2 aromatic heterocycles. The molecule has 0 radical (unpaired) electrons. The lowest BCUT2D eigenvalue weighted by Gasteiger charge is -2.26. The summed E-state index contributed by atoms with van der Waals surface area (Å²) in [7, 11) is 0. The summed E-state index contributed by atoms with van der Waals surface area (Å²) < 4.78 is 41.8. The van der Waals surface area contributed by atoms with Crippen LogP contribution < -0.4 is 25.6 Å². The number of anilines is 1. The summed E-state index contributed by atoms with van der Waals surface area (Å²) in [5.74, 6) is 1.02. The molecule has 0 saturated heterocycles. The fourth-order valence-electron chi connectivity index (χ4n) is 4.34. The first kappa shape index (κ1) is 23.9. The van der Waals surface area contributed by atoms with E-state index in [0.29, 0.717) is 23.2 Å². The van der Waals surface area contributed by atoms with Crippen molar-refractivity contribution < 1.29 is 22.7 Å². The highest BCUT2D eigenvalue weighted by molar-refractivity contribution is 5.89. The second-order valence-electron chi connectivity index (χ2n) is 8.98. The number of hydrogen-bond donors (Lipinski definition) is 2. The minimum absolute atomic E-state index is 0.211. The number of halogens is 3. The van der Waals surface area contributed by atoms with Gasteiger partial charge in [-0.3, -0.25) is 0 Å². The van der Waals surface area contributed by atoms with E-state index in [9.17, 15) is 13.2 Å². The van der Waals surface area contributed by atoms with Crippen LogP contribution in [-0.4, -0.2) is 16.3 Å². The van der Waals surface area contributed by atoms with Crippen molar-refractivity contribution in [2.75, 3.05) is 5.06 Å². The van der Waals surface area contributed by atoms with Gasteiger partial charge in [-0.15, -0.1) is 18.3 Å². The highest BCUT2D eigenvalue weighted by atomic mass is 19.4. The SMILES string of the molecule is FC(F)(F)Oc1ccc(CN(Oc2ccc(C3N=NNN3)cn2)c2ncc3ccccc3c2C2CC2)cc1. The average molecular weight is 522 g/mol. The molecular weight excluding hydrogens is 499 g/mol. The van der Waals surface area contributed by atoms with Gasteiger partial charge in [-0.25, -0.2) is 15.5 Å². The molecule has 2 aromatic carbocycles. The van der Waals surface area contributed by atoms with Gasteiger partial charge in [-0.1, -0.05) is 41.6 Å². The number of nitrogens with zero attached hydrogens (tertiary/aromatic N) is 5. The van der Waals surface area contributed by atoms with Gasteiger partial charge >= 0.3 is 6.36 Å². The Bertz CT molecular complexity index is 1460. The maximum atomic E-state index is 12.6. The van der Waals surface area contributed by atoms with Crippen LogP contribution in [0, 0.1) is 0 Å². The minimum atomic E-state index is -4.76. The van der Waals surface area contributed by atoms with Crippen LogP contribution >= 0.6 is 0 Å². The molecule has 3 heterocycles. The highest BCUT2D eigenvalue weighted by Gasteiger charge is 2.32. The normalized spacial score (nSPS) is 16.9. The number of hydroxylamine groups is 1. The molecule has 6 rings (SSSR count). The first-order chi connectivity index (χ1) is 18.4. The molecule has 1 aliphatic carbocycles. The fraction of sp³-hybridized carbons (Fsp3) is 0.231. The van der Waals surface area contributed by atoms with E-state index in [4.69, 9.17) is 9.82 Å². The number of pyridine rings is 2. The Labute approximate surface area is 215 Å². The summed E-state index contributed by atoms with van der Waals surface area (Å²) in [6.45, 7) is 0.211. The van der Waals surface area contributed by atoms with Crippen LogP contribution in [0.2, 0.25) is 0 Å². The number of ether oxygens (including phenoxy) is 1. The molecule has 1 aliphatic heterocycles. The summed E-state index contributed by atoms with van der Waals surface area (Å²) in [5, 5.41) is 11.5. The predicted molar refractivity (Wildman–Crippen MR) is 132 cm³/mol. The molecular formula is C26H22F3N7O2. The number of hydrazine groups is 1. The Kier molecular flexibility index (Phi) is 6.16. The number of benzene rings is 2. The molecule has 2 N–H and O–H groups in total. The molecule has 12 heteroatoms. The van der Waals surface area contributed by atoms with E-state index in [1.165, 1.54) is 12.1 Å². The molecule has 0 spiro atoms. The molecule has 0 bridgehead atoms. The van der Waals surface area contributed by atoms with Crippen LogP contribution in [0.3, 0.4) is 0 Å². The van der Waals surface area contributed by atoms with Crippen LogP contribution in [0.4, 0.5) is 19.0 Å². The smallest absolute Gasteiger partial charge is 0.406 e. The lowest BCUT2D eigenvalue weighted by atomic mass is 10.0. The van der Waals surface area contributed by atoms with Crippen molar-refractivity contribution >= 4 is 16.6 Å². The molecule has 0 amide bonds. The zero-order valence-electron chi connectivity index (χ0n) is 19.9. The third kappa shape index (κ3) is 5.30. The van der Waals surface area contributed by atoms with Crippen molar-refractivity contribution in [1.29, 1.82) is 0 Å². The van der Waals surface area contributed by atoms with Gasteiger partial charge < -0.3 is 9.57 Å². The number of hydrogen-bond acceptors (Lipinski definition) is 9. The number of aromatic nitrogens is 2. The van der Waals surface area contributed by atoms with Crippen molar-refractivity contribution in [3.63, 3.8) is 0 Å². The van der Waals surface area contributed by atoms with Crippen LogP contribution in [0.15, 0.2) is 83.4 Å². The second-order valence-corrected chi connectivity index (χ2v) is 8.98. The van der Waals surface area contributed by atoms with E-state index >= 15 is 0 Å². The first-order valence-electron chi connectivity index (χ1n) is 12.0. The molecule has 38 heavy (non-hydrogen) atoms. The quantitative estimate of drug-likeness (QED) is 0.280. The number of rotatable bonds is 8. The van der Waals surface area contributed by atoms with E-state index in [2.05, 4.69) is 37.1 Å². The van der Waals surface area contributed by atoms with Crippen molar-refractivity contribution in [3.05, 3.63) is 89.7 Å². The minimum Gasteiger partial charge on any atom is -0.406 e. The standard InChI is InChI=1S/C26H22F3N7O2/c27-26(28,29)37-20-10-5-16(6-11-20)15-36(38-22-12-9-19(14-30-22)24-32-34-35-33-24)25-23(17-7-8-17)21-4-2-1-3-18(21)13-31-25/h1-6,9-14,17,24H,7-8,15H2,(H,32,35)(H,33,34). The van der Waals surface area contributed by atoms with E-state index < -0.39 is 6.36 Å². The molecule has 1 saturated carbocycles. The van der Waals surface area contributed by atoms with E-state index in [1.807, 2.05) is 24.3 Å². The van der Waals surface area contributed by atoms with Crippen LogP contribution in [-0.2, 0) is 6.54 Å². The Morgan fingerprint density at radius 3 is 2.45 bits per heavy atom. The maximum absolute atomic E-state index is 12.6. The molecule has 1 fully saturated rings. The molecule has 4 aromatic rings. The summed E-state index contributed by atoms with van der Waals surface area (Å²) in [5.41, 5.74) is 8.05. The predicted octanol–water partition coefficient (Wildman–Crippen LogP) is 5.88. The van der Waals surface area contributed by atoms with Crippen molar-refractivity contribution in [2.24, 2.45) is 10.3 Å². The number of nitrogens with one attached hydrogen (secondary N) is 2. The van der Waals surface area contributed by atoms with Gasteiger partial charge in [0.05, 0.1) is 6.54 Å². The summed E-state index contributed by atoms with van der Waals surface area (Å²) >= 11 is 0. The summed E-state index contributed by atoms with van der Waals surface area (Å²) in [6, 6.07) is 17.3. The lowest BCUT2D eigenvalue weighted by Crippen LogP contribution is -2.29. The number of alkyl halides is 3. The molecule has 9 nitrogen and oxygen atoms in total. The van der Waals surface area contributed by atoms with Crippen LogP contribution in [0.1, 0.15) is 41.6 Å². The first-order valence-corrected chi connectivity index (χ1v) is 12.0. The third-order valence-electron chi connectivity index (χ3n) is 6.23. The fourth-order valence-corrected chi connectivity index (χ4v) is 4.34. The van der Waals surface area contributed by atoms with E-state index in [0.717, 1.165) is 34.7 Å². The van der Waals surface area contributed by atoms with Gasteiger partial charge in [0, 0.05) is 35.0 Å². The monoisotopic (exact) mass is 521 g/mol. The van der Waals surface area contributed by atoms with Crippen molar-refractivity contribution in [3.8, 4) is 11.6 Å². The van der Waals surface area contributed by atoms with Gasteiger partial charge in [0.15, 0.2) is 12.0 Å². The van der Waals surface area contributed by atoms with Gasteiger partial charge in [-0.05, 0) is 47.9 Å². The Hall–Kier alpha value is -4.45. The summed E-state index contributed by atoms with van der Waals surface area (Å²) in [4.78, 5) is 15.5. The zero-order chi connectivity index (χ0) is 26.1. The average Bonchev–Trinajstić information content (AvgIpc) is 3.60. The topological polar surface area (TPSA) is 96.3 Å². The van der Waals surface area contributed by atoms with Crippen LogP contribution in [0.25, 0.3) is 10.8 Å². The highest BCUT2D eigenvalue weighted by Crippen LogP contribution is 2.47. The van der Waals surface area contributed by atoms with E-state index in [1.54, 1.807) is 35.7 Å². The van der Waals surface area contributed by atoms with Gasteiger partial charge in [-0.2, -0.15) is 10.5 Å². The Balaban J connectivity index is 1.33. The molecule has 1 unspecified atom stereocenters. The summed E-state index contributed by atoms with van der Waals surface area (Å²) in [6.07, 6.45) is 0.416. The zero-order valence-corrected chi connectivity index (χ0v) is 19.9.